The normalized spacial score (nSPS) is 19.0. The number of benzene rings is 1. The molecule has 0 saturated carbocycles. The molecule has 8 heteroatoms. The van der Waals surface area contributed by atoms with Gasteiger partial charge >= 0.3 is 12.2 Å². The van der Waals surface area contributed by atoms with Gasteiger partial charge in [0.25, 0.3) is 0 Å². The molecule has 2 amide bonds. The van der Waals surface area contributed by atoms with Crippen LogP contribution in [0.25, 0.3) is 0 Å². The zero-order chi connectivity index (χ0) is 15.6. The number of urea groups is 1. The molecule has 114 valence electrons. The number of carbonyl (C=O) groups is 1. The number of amidine groups is 1. The summed E-state index contributed by atoms with van der Waals surface area (Å²) >= 11 is 0. The third kappa shape index (κ3) is 3.15. The van der Waals surface area contributed by atoms with Crippen molar-refractivity contribution in [3.63, 3.8) is 0 Å². The lowest BCUT2D eigenvalue weighted by Crippen LogP contribution is -2.32. The molecule has 21 heavy (non-hydrogen) atoms. The van der Waals surface area contributed by atoms with Crippen molar-refractivity contribution in [1.29, 1.82) is 5.41 Å². The third-order valence-electron chi connectivity index (χ3n) is 3.18. The van der Waals surface area contributed by atoms with Crippen molar-refractivity contribution in [2.45, 2.75) is 12.2 Å². The minimum absolute atomic E-state index is 0.0594. The quantitative estimate of drug-likeness (QED) is 0.897. The van der Waals surface area contributed by atoms with Crippen LogP contribution in [-0.2, 0) is 10.9 Å². The van der Waals surface area contributed by atoms with Crippen LogP contribution >= 0.6 is 0 Å². The molecule has 2 rings (SSSR count). The minimum Gasteiger partial charge on any atom is -0.383 e. The summed E-state index contributed by atoms with van der Waals surface area (Å²) in [6.45, 7) is 0.522. The second-order valence-corrected chi connectivity index (χ2v) is 4.55. The Morgan fingerprint density at radius 1 is 1.33 bits per heavy atom. The zero-order valence-corrected chi connectivity index (χ0v) is 11.2. The highest BCUT2D eigenvalue weighted by molar-refractivity contribution is 6.06. The van der Waals surface area contributed by atoms with Crippen LogP contribution in [0.4, 0.5) is 18.0 Å². The van der Waals surface area contributed by atoms with Gasteiger partial charge in [0.05, 0.1) is 12.2 Å². The molecule has 5 nitrogen and oxygen atoms in total. The van der Waals surface area contributed by atoms with Gasteiger partial charge in [0.2, 0.25) is 0 Å². The van der Waals surface area contributed by atoms with Crippen LogP contribution < -0.4 is 5.32 Å². The summed E-state index contributed by atoms with van der Waals surface area (Å²) in [5.41, 5.74) is -0.319. The predicted octanol–water partition coefficient (Wildman–Crippen LogP) is 2.40. The van der Waals surface area contributed by atoms with Crippen molar-refractivity contribution in [3.8, 4) is 0 Å². The van der Waals surface area contributed by atoms with Gasteiger partial charge in [0.15, 0.2) is 0 Å². The smallest absolute Gasteiger partial charge is 0.383 e. The third-order valence-corrected chi connectivity index (χ3v) is 3.18. The van der Waals surface area contributed by atoms with E-state index in [2.05, 4.69) is 5.32 Å². The fourth-order valence-corrected chi connectivity index (χ4v) is 2.15. The van der Waals surface area contributed by atoms with Gasteiger partial charge in [-0.25, -0.2) is 4.79 Å². The first kappa shape index (κ1) is 15.3. The van der Waals surface area contributed by atoms with Crippen LogP contribution in [0.3, 0.4) is 0 Å². The first-order chi connectivity index (χ1) is 9.84. The van der Waals surface area contributed by atoms with E-state index in [1.54, 1.807) is 0 Å². The summed E-state index contributed by atoms with van der Waals surface area (Å²) in [6, 6.07) is 3.28. The Hall–Kier alpha value is -2.09. The number of alkyl halides is 3. The Morgan fingerprint density at radius 3 is 2.48 bits per heavy atom. The number of amides is 2. The average Bonchev–Trinajstić information content (AvgIpc) is 2.70. The molecular formula is C13H14F3N3O2. The number of methoxy groups -OCH3 is 1. The van der Waals surface area contributed by atoms with Crippen molar-refractivity contribution in [3.05, 3.63) is 35.4 Å². The molecule has 0 spiro atoms. The van der Waals surface area contributed by atoms with Gasteiger partial charge in [-0.05, 0) is 17.7 Å². The number of ether oxygens (including phenoxy) is 1. The lowest BCUT2D eigenvalue weighted by Gasteiger charge is -2.22. The van der Waals surface area contributed by atoms with Gasteiger partial charge in [-0.1, -0.05) is 12.1 Å². The molecule has 1 aliphatic rings. The van der Waals surface area contributed by atoms with Gasteiger partial charge in [-0.3, -0.25) is 10.7 Å². The Bertz CT molecular complexity index is 543. The summed E-state index contributed by atoms with van der Waals surface area (Å²) in [6.07, 6.45) is -4.41. The highest BCUT2D eigenvalue weighted by atomic mass is 19.4. The highest BCUT2D eigenvalue weighted by Gasteiger charge is 2.37. The molecule has 2 N–H and O–H groups in total. The molecule has 0 radical (unpaired) electrons. The maximum atomic E-state index is 12.5. The summed E-state index contributed by atoms with van der Waals surface area (Å²) in [5.74, 6) is -0.0594. The summed E-state index contributed by atoms with van der Waals surface area (Å²) < 4.78 is 42.5. The van der Waals surface area contributed by atoms with Crippen LogP contribution in [0, 0.1) is 5.41 Å². The minimum atomic E-state index is -4.41. The average molecular weight is 301 g/mol. The molecule has 1 aromatic carbocycles. The molecule has 0 bridgehead atoms. The van der Waals surface area contributed by atoms with Crippen molar-refractivity contribution < 1.29 is 22.7 Å². The molecular weight excluding hydrogens is 287 g/mol. The van der Waals surface area contributed by atoms with Crippen molar-refractivity contribution in [2.24, 2.45) is 0 Å². The standard InChI is InChI=1S/C13H14F3N3O2/c1-21-7-6-19-10(11(17)18-12(19)20)8-2-4-9(5-3-8)13(14,15)16/h2-5,10H,6-7H2,1H3,(H2,17,18,20). The van der Waals surface area contributed by atoms with Gasteiger partial charge in [0.1, 0.15) is 11.9 Å². The molecule has 1 heterocycles. The van der Waals surface area contributed by atoms with E-state index in [0.29, 0.717) is 5.56 Å². The van der Waals surface area contributed by atoms with Crippen LogP contribution in [0.1, 0.15) is 17.2 Å². The number of hydrogen-bond acceptors (Lipinski definition) is 3. The van der Waals surface area contributed by atoms with E-state index < -0.39 is 23.8 Å². The number of hydrogen-bond donors (Lipinski definition) is 2. The predicted molar refractivity (Wildman–Crippen MR) is 69.0 cm³/mol. The molecule has 0 aliphatic carbocycles. The lowest BCUT2D eigenvalue weighted by atomic mass is 10.0. The lowest BCUT2D eigenvalue weighted by molar-refractivity contribution is -0.137. The first-order valence-electron chi connectivity index (χ1n) is 6.16. The van der Waals surface area contributed by atoms with Crippen LogP contribution in [-0.4, -0.2) is 37.0 Å². The van der Waals surface area contributed by atoms with Gasteiger partial charge in [-0.15, -0.1) is 0 Å². The molecule has 1 atom stereocenters. The first-order valence-corrected chi connectivity index (χ1v) is 6.16. The Morgan fingerprint density at radius 2 is 1.95 bits per heavy atom. The van der Waals surface area contributed by atoms with Gasteiger partial charge in [0, 0.05) is 13.7 Å². The molecule has 1 aromatic rings. The Kier molecular flexibility index (Phi) is 4.17. The van der Waals surface area contributed by atoms with E-state index in [1.807, 2.05) is 0 Å². The SMILES string of the molecule is COCCN1C(=O)NC(=N)C1c1ccc(C(F)(F)F)cc1. The summed E-state index contributed by atoms with van der Waals surface area (Å²) in [5, 5.41) is 10.1. The van der Waals surface area contributed by atoms with Crippen LogP contribution in [0.2, 0.25) is 0 Å². The van der Waals surface area contributed by atoms with Gasteiger partial charge in [-0.2, -0.15) is 13.2 Å². The second-order valence-electron chi connectivity index (χ2n) is 4.55. The van der Waals surface area contributed by atoms with E-state index in [-0.39, 0.29) is 19.0 Å². The number of carbonyl (C=O) groups excluding carboxylic acids is 1. The molecule has 1 aliphatic heterocycles. The van der Waals surface area contributed by atoms with E-state index >= 15 is 0 Å². The molecule has 1 fully saturated rings. The van der Waals surface area contributed by atoms with E-state index in [9.17, 15) is 18.0 Å². The highest BCUT2D eigenvalue weighted by Crippen LogP contribution is 2.32. The number of nitrogens with one attached hydrogen (secondary N) is 2. The van der Waals surface area contributed by atoms with Crippen molar-refractivity contribution in [2.75, 3.05) is 20.3 Å². The molecule has 1 saturated heterocycles. The van der Waals surface area contributed by atoms with E-state index in [1.165, 1.54) is 24.1 Å². The second kappa shape index (κ2) is 5.72. The topological polar surface area (TPSA) is 65.4 Å². The van der Waals surface area contributed by atoms with Gasteiger partial charge < -0.3 is 9.64 Å². The summed E-state index contributed by atoms with van der Waals surface area (Å²) in [4.78, 5) is 13.1. The van der Waals surface area contributed by atoms with E-state index in [0.717, 1.165) is 12.1 Å². The fraction of sp³-hybridized carbons (Fsp3) is 0.385. The van der Waals surface area contributed by atoms with Crippen LogP contribution in [0.5, 0.6) is 0 Å². The van der Waals surface area contributed by atoms with Crippen LogP contribution in [0.15, 0.2) is 24.3 Å². The number of nitrogens with zero attached hydrogens (tertiary/aromatic N) is 1. The summed E-state index contributed by atoms with van der Waals surface area (Å²) in [7, 11) is 1.48. The van der Waals surface area contributed by atoms with E-state index in [4.69, 9.17) is 10.1 Å². The van der Waals surface area contributed by atoms with Crippen molar-refractivity contribution >= 4 is 11.9 Å². The molecule has 0 aromatic heterocycles. The maximum absolute atomic E-state index is 12.5. The fourth-order valence-electron chi connectivity index (χ4n) is 2.15. The zero-order valence-electron chi connectivity index (χ0n) is 11.2. The van der Waals surface area contributed by atoms with Crippen molar-refractivity contribution in [1.82, 2.24) is 10.2 Å². The number of halogens is 3. The number of rotatable bonds is 4. The Labute approximate surface area is 119 Å². The Balaban J connectivity index is 2.25. The monoisotopic (exact) mass is 301 g/mol. The molecule has 1 unspecified atom stereocenters. The maximum Gasteiger partial charge on any atom is 0.416 e. The largest absolute Gasteiger partial charge is 0.416 e.